The van der Waals surface area contributed by atoms with E-state index in [-0.39, 0.29) is 30.3 Å². The van der Waals surface area contributed by atoms with Crippen molar-refractivity contribution in [2.24, 2.45) is 0 Å². The maximum Gasteiger partial charge on any atom is 0.356 e. The summed E-state index contributed by atoms with van der Waals surface area (Å²) in [5, 5.41) is 0. The average molecular weight is 239 g/mol. The van der Waals surface area contributed by atoms with Gasteiger partial charge in [0.1, 0.15) is 11.7 Å². The maximum absolute atomic E-state index is 11.9. The number of esters is 1. The van der Waals surface area contributed by atoms with Gasteiger partial charge in [-0.25, -0.2) is 10.2 Å². The van der Waals surface area contributed by atoms with Crippen LogP contribution in [0.15, 0.2) is 11.3 Å². The zero-order valence-electron chi connectivity index (χ0n) is 9.57. The number of fused-ring (bicyclic) bond motifs is 1. The van der Waals surface area contributed by atoms with Crippen molar-refractivity contribution >= 4 is 17.8 Å². The summed E-state index contributed by atoms with van der Waals surface area (Å²) in [5.41, 5.74) is 5.33. The largest absolute Gasteiger partial charge is 0.461 e. The molecule has 0 aromatic heterocycles. The summed E-state index contributed by atoms with van der Waals surface area (Å²) in [5.74, 6) is -1.42. The van der Waals surface area contributed by atoms with Crippen molar-refractivity contribution < 1.29 is 19.1 Å². The van der Waals surface area contributed by atoms with E-state index in [9.17, 15) is 14.4 Å². The van der Waals surface area contributed by atoms with E-state index in [2.05, 4.69) is 10.9 Å². The minimum atomic E-state index is -0.776. The topological polar surface area (TPSA) is 87.7 Å². The number of ether oxygens (including phenoxy) is 1. The summed E-state index contributed by atoms with van der Waals surface area (Å²) < 4.78 is 4.81. The first-order chi connectivity index (χ1) is 8.11. The van der Waals surface area contributed by atoms with Crippen molar-refractivity contribution in [3.05, 3.63) is 11.3 Å². The molecule has 0 bridgehead atoms. The van der Waals surface area contributed by atoms with Gasteiger partial charge in [-0.1, -0.05) is 0 Å². The smallest absolute Gasteiger partial charge is 0.356 e. The number of carbonyl (C=O) groups excluding carboxylic acids is 3. The van der Waals surface area contributed by atoms with E-state index in [0.717, 1.165) is 4.90 Å². The molecule has 2 amide bonds. The summed E-state index contributed by atoms with van der Waals surface area (Å²) in [6.45, 7) is 3.87. The molecule has 7 heteroatoms. The Bertz CT molecular complexity index is 429. The molecular formula is C10H13N3O4. The summed E-state index contributed by atoms with van der Waals surface area (Å²) in [4.78, 5) is 36.4. The molecule has 1 unspecified atom stereocenters. The molecule has 2 aliphatic rings. The van der Waals surface area contributed by atoms with Gasteiger partial charge in [0.15, 0.2) is 0 Å². The number of likely N-dealkylation sites (N-methyl/N-ethyl adjacent to an activating group) is 1. The summed E-state index contributed by atoms with van der Waals surface area (Å²) in [6.07, 6.45) is 0. The monoisotopic (exact) mass is 239 g/mol. The van der Waals surface area contributed by atoms with Crippen molar-refractivity contribution in [1.29, 1.82) is 0 Å². The minimum Gasteiger partial charge on any atom is -0.461 e. The van der Waals surface area contributed by atoms with Gasteiger partial charge in [0, 0.05) is 6.54 Å². The van der Waals surface area contributed by atoms with Crippen molar-refractivity contribution in [3.63, 3.8) is 0 Å². The van der Waals surface area contributed by atoms with Crippen molar-refractivity contribution in [2.75, 3.05) is 13.2 Å². The quantitative estimate of drug-likeness (QED) is 0.468. The van der Waals surface area contributed by atoms with Crippen LogP contribution in [0.5, 0.6) is 0 Å². The number of hydrogen-bond acceptors (Lipinski definition) is 6. The molecule has 17 heavy (non-hydrogen) atoms. The van der Waals surface area contributed by atoms with Crippen LogP contribution in [-0.2, 0) is 19.1 Å². The number of hydrazine groups is 1. The molecule has 7 nitrogen and oxygen atoms in total. The lowest BCUT2D eigenvalue weighted by Gasteiger charge is -2.12. The predicted octanol–water partition coefficient (Wildman–Crippen LogP) is -1.33. The molecule has 2 N–H and O–H groups in total. The van der Waals surface area contributed by atoms with Crippen LogP contribution in [0.4, 0.5) is 0 Å². The summed E-state index contributed by atoms with van der Waals surface area (Å²) in [7, 11) is 0. The van der Waals surface area contributed by atoms with Crippen LogP contribution in [0.1, 0.15) is 13.8 Å². The van der Waals surface area contributed by atoms with Gasteiger partial charge in [0.05, 0.1) is 12.2 Å². The lowest BCUT2D eigenvalue weighted by atomic mass is 10.1. The Hall–Kier alpha value is -1.89. The first-order valence-electron chi connectivity index (χ1n) is 5.40. The van der Waals surface area contributed by atoms with Gasteiger partial charge in [-0.15, -0.1) is 0 Å². The van der Waals surface area contributed by atoms with Crippen LogP contribution in [-0.4, -0.2) is 41.9 Å². The molecule has 0 radical (unpaired) electrons. The van der Waals surface area contributed by atoms with E-state index in [4.69, 9.17) is 4.74 Å². The molecule has 1 fully saturated rings. The van der Waals surface area contributed by atoms with Crippen molar-refractivity contribution in [1.82, 2.24) is 15.8 Å². The SMILES string of the molecule is CCOC(=O)C1=C2C(=O)N(CC)C(=O)C2NN1. The molecule has 0 spiro atoms. The standard InChI is InChI=1S/C10H13N3O4/c1-3-13-8(14)5-6(9(13)15)11-12-7(5)10(16)17-4-2/h6,11-12H,3-4H2,1-2H3. The maximum atomic E-state index is 11.9. The van der Waals surface area contributed by atoms with E-state index in [1.54, 1.807) is 13.8 Å². The Morgan fingerprint density at radius 3 is 2.71 bits per heavy atom. The molecule has 0 aliphatic carbocycles. The van der Waals surface area contributed by atoms with Gasteiger partial charge in [-0.2, -0.15) is 0 Å². The average Bonchev–Trinajstić information content (AvgIpc) is 2.82. The number of nitrogens with one attached hydrogen (secondary N) is 2. The van der Waals surface area contributed by atoms with E-state index in [0.29, 0.717) is 0 Å². The fourth-order valence-corrected chi connectivity index (χ4v) is 1.91. The van der Waals surface area contributed by atoms with Crippen LogP contribution >= 0.6 is 0 Å². The number of imide groups is 1. The molecule has 1 atom stereocenters. The molecule has 0 saturated carbocycles. The fourth-order valence-electron chi connectivity index (χ4n) is 1.91. The number of rotatable bonds is 3. The number of likely N-dealkylation sites (tertiary alicyclic amines) is 1. The summed E-state index contributed by atoms with van der Waals surface area (Å²) >= 11 is 0. The van der Waals surface area contributed by atoms with E-state index in [1.807, 2.05) is 0 Å². The lowest BCUT2D eigenvalue weighted by Crippen LogP contribution is -2.42. The van der Waals surface area contributed by atoms with Gasteiger partial charge >= 0.3 is 5.97 Å². The Balaban J connectivity index is 2.36. The van der Waals surface area contributed by atoms with Crippen molar-refractivity contribution in [2.45, 2.75) is 19.9 Å². The van der Waals surface area contributed by atoms with E-state index >= 15 is 0 Å². The van der Waals surface area contributed by atoms with Crippen LogP contribution in [0, 0.1) is 0 Å². The Labute approximate surface area is 97.8 Å². The Kier molecular flexibility index (Phi) is 2.84. The third kappa shape index (κ3) is 1.59. The third-order valence-electron chi connectivity index (χ3n) is 2.68. The Morgan fingerprint density at radius 2 is 2.12 bits per heavy atom. The predicted molar refractivity (Wildman–Crippen MR) is 56.1 cm³/mol. The van der Waals surface area contributed by atoms with Gasteiger partial charge in [0.25, 0.3) is 11.8 Å². The highest BCUT2D eigenvalue weighted by Gasteiger charge is 2.49. The molecular weight excluding hydrogens is 226 g/mol. The van der Waals surface area contributed by atoms with Gasteiger partial charge in [-0.3, -0.25) is 14.5 Å². The summed E-state index contributed by atoms with van der Waals surface area (Å²) in [6, 6.07) is -0.776. The zero-order chi connectivity index (χ0) is 12.6. The number of hydrogen-bond donors (Lipinski definition) is 2. The molecule has 2 aliphatic heterocycles. The molecule has 1 saturated heterocycles. The van der Waals surface area contributed by atoms with Gasteiger partial charge in [0.2, 0.25) is 0 Å². The highest BCUT2D eigenvalue weighted by molar-refractivity contribution is 6.20. The van der Waals surface area contributed by atoms with Gasteiger partial charge < -0.3 is 10.2 Å². The number of nitrogens with zero attached hydrogens (tertiary/aromatic N) is 1. The molecule has 2 rings (SSSR count). The molecule has 2 heterocycles. The Morgan fingerprint density at radius 1 is 1.41 bits per heavy atom. The van der Waals surface area contributed by atoms with E-state index < -0.39 is 17.9 Å². The highest BCUT2D eigenvalue weighted by atomic mass is 16.5. The third-order valence-corrected chi connectivity index (χ3v) is 2.68. The van der Waals surface area contributed by atoms with Crippen LogP contribution in [0.25, 0.3) is 0 Å². The molecule has 0 aromatic rings. The molecule has 0 aromatic carbocycles. The van der Waals surface area contributed by atoms with Crippen molar-refractivity contribution in [3.8, 4) is 0 Å². The highest BCUT2D eigenvalue weighted by Crippen LogP contribution is 2.25. The van der Waals surface area contributed by atoms with E-state index in [1.165, 1.54) is 0 Å². The second-order valence-electron chi connectivity index (χ2n) is 3.60. The lowest BCUT2D eigenvalue weighted by molar-refractivity contribution is -0.141. The second-order valence-corrected chi connectivity index (χ2v) is 3.60. The second kappa shape index (κ2) is 4.17. The first-order valence-corrected chi connectivity index (χ1v) is 5.40. The number of carbonyl (C=O) groups is 3. The normalized spacial score (nSPS) is 22.9. The van der Waals surface area contributed by atoms with Crippen LogP contribution < -0.4 is 10.9 Å². The van der Waals surface area contributed by atoms with Crippen LogP contribution in [0.2, 0.25) is 0 Å². The molecule has 92 valence electrons. The fraction of sp³-hybridized carbons (Fsp3) is 0.500. The minimum absolute atomic E-state index is 0.0335. The van der Waals surface area contributed by atoms with Gasteiger partial charge in [-0.05, 0) is 13.8 Å². The zero-order valence-corrected chi connectivity index (χ0v) is 9.57. The number of amides is 2. The first kappa shape index (κ1) is 11.6. The van der Waals surface area contributed by atoms with Crippen LogP contribution in [0.3, 0.4) is 0 Å².